The summed E-state index contributed by atoms with van der Waals surface area (Å²) in [6.45, 7) is 4.62. The van der Waals surface area contributed by atoms with E-state index in [2.05, 4.69) is 112 Å². The smallest absolute Gasteiger partial charge is 0.0502 e. The number of fused-ring (bicyclic) bond motifs is 5. The SMILES string of the molecule is CC1(C)c2ccccc2N(c2ccc(Br)cc2)c2ccccc21.Nc1ccc2[nH]c3ccc(N)cc3c2c1. The van der Waals surface area contributed by atoms with Gasteiger partial charge in [-0.15, -0.1) is 0 Å². The van der Waals surface area contributed by atoms with E-state index >= 15 is 0 Å². The van der Waals surface area contributed by atoms with Gasteiger partial charge >= 0.3 is 0 Å². The number of anilines is 5. The Morgan fingerprint density at radius 2 is 1.11 bits per heavy atom. The number of aromatic amines is 1. The van der Waals surface area contributed by atoms with Crippen molar-refractivity contribution in [3.8, 4) is 0 Å². The Morgan fingerprint density at radius 1 is 0.632 bits per heavy atom. The molecule has 0 bridgehead atoms. The van der Waals surface area contributed by atoms with Gasteiger partial charge in [-0.05, 0) is 83.9 Å². The summed E-state index contributed by atoms with van der Waals surface area (Å²) in [7, 11) is 0. The lowest BCUT2D eigenvalue weighted by molar-refractivity contribution is 0.632. The number of nitrogen functional groups attached to an aromatic ring is 2. The summed E-state index contributed by atoms with van der Waals surface area (Å²) in [6.07, 6.45) is 0. The predicted octanol–water partition coefficient (Wildman–Crippen LogP) is 9.04. The number of nitrogens with one attached hydrogen (secondary N) is 1. The average Bonchev–Trinajstić information content (AvgIpc) is 3.27. The van der Waals surface area contributed by atoms with Crippen molar-refractivity contribution in [3.05, 3.63) is 125 Å². The second-order valence-electron chi connectivity index (χ2n) is 10.2. The topological polar surface area (TPSA) is 71.1 Å². The van der Waals surface area contributed by atoms with Crippen molar-refractivity contribution in [1.82, 2.24) is 4.98 Å². The molecule has 1 aliphatic heterocycles. The highest BCUT2D eigenvalue weighted by Gasteiger charge is 2.36. The van der Waals surface area contributed by atoms with Crippen molar-refractivity contribution in [2.45, 2.75) is 19.3 Å². The Bertz CT molecular complexity index is 1680. The van der Waals surface area contributed by atoms with Crippen LogP contribution in [0.1, 0.15) is 25.0 Å². The summed E-state index contributed by atoms with van der Waals surface area (Å²) in [5.41, 5.74) is 21.7. The second-order valence-corrected chi connectivity index (χ2v) is 11.1. The minimum atomic E-state index is -0.000942. The average molecular weight is 562 g/mol. The van der Waals surface area contributed by atoms with Crippen LogP contribution in [0, 0.1) is 0 Å². The van der Waals surface area contributed by atoms with E-state index in [1.54, 1.807) is 0 Å². The summed E-state index contributed by atoms with van der Waals surface area (Å²) >= 11 is 3.53. The molecule has 0 atom stereocenters. The molecule has 0 saturated carbocycles. The molecule has 2 heterocycles. The molecule has 0 spiro atoms. The van der Waals surface area contributed by atoms with Crippen LogP contribution >= 0.6 is 15.9 Å². The van der Waals surface area contributed by atoms with E-state index in [0.717, 1.165) is 37.7 Å². The zero-order valence-electron chi connectivity index (χ0n) is 21.4. The first kappa shape index (κ1) is 24.1. The van der Waals surface area contributed by atoms with Gasteiger partial charge < -0.3 is 21.4 Å². The molecule has 0 fully saturated rings. The monoisotopic (exact) mass is 560 g/mol. The van der Waals surface area contributed by atoms with E-state index in [1.807, 2.05) is 36.4 Å². The standard InChI is InChI=1S/C21H18BrN.C12H11N3/c1-21(2)17-7-3-5-9-19(17)23(16-13-11-15(22)12-14-16)20-10-6-4-8-18(20)21;13-7-1-3-11-9(5-7)10-6-8(14)2-4-12(10)15-11/h3-14H,1-2H3;1-6,15H,13-14H2. The molecule has 6 aromatic rings. The van der Waals surface area contributed by atoms with E-state index in [9.17, 15) is 0 Å². The molecular formula is C33H29BrN4. The Morgan fingerprint density at radius 3 is 1.61 bits per heavy atom. The fourth-order valence-electron chi connectivity index (χ4n) is 5.47. The van der Waals surface area contributed by atoms with Gasteiger partial charge in [-0.1, -0.05) is 66.2 Å². The van der Waals surface area contributed by atoms with E-state index < -0.39 is 0 Å². The molecule has 38 heavy (non-hydrogen) atoms. The van der Waals surface area contributed by atoms with Crippen molar-refractivity contribution >= 4 is 66.2 Å². The van der Waals surface area contributed by atoms with Gasteiger partial charge in [0.15, 0.2) is 0 Å². The first-order valence-electron chi connectivity index (χ1n) is 12.6. The molecule has 188 valence electrons. The number of para-hydroxylation sites is 2. The second kappa shape index (κ2) is 9.26. The van der Waals surface area contributed by atoms with Crippen LogP contribution in [-0.2, 0) is 5.41 Å². The molecule has 4 nitrogen and oxygen atoms in total. The Hall–Kier alpha value is -4.22. The van der Waals surface area contributed by atoms with E-state index in [0.29, 0.717) is 0 Å². The molecular weight excluding hydrogens is 532 g/mol. The number of aromatic nitrogens is 1. The lowest BCUT2D eigenvalue weighted by Crippen LogP contribution is -2.30. The largest absolute Gasteiger partial charge is 0.399 e. The van der Waals surface area contributed by atoms with Gasteiger partial charge in [-0.25, -0.2) is 0 Å². The van der Waals surface area contributed by atoms with Crippen molar-refractivity contribution in [2.75, 3.05) is 16.4 Å². The fourth-order valence-corrected chi connectivity index (χ4v) is 5.73. The third kappa shape index (κ3) is 4.09. The molecule has 7 rings (SSSR count). The van der Waals surface area contributed by atoms with Crippen LogP contribution in [0.2, 0.25) is 0 Å². The molecule has 0 saturated heterocycles. The van der Waals surface area contributed by atoms with E-state index in [4.69, 9.17) is 11.5 Å². The minimum Gasteiger partial charge on any atom is -0.399 e. The first-order valence-corrected chi connectivity index (χ1v) is 13.4. The van der Waals surface area contributed by atoms with E-state index in [1.165, 1.54) is 28.2 Å². The van der Waals surface area contributed by atoms with E-state index in [-0.39, 0.29) is 5.41 Å². The number of nitrogens with two attached hydrogens (primary N) is 2. The molecule has 0 aliphatic carbocycles. The van der Waals surface area contributed by atoms with Crippen LogP contribution in [0.15, 0.2) is 114 Å². The third-order valence-corrected chi connectivity index (χ3v) is 7.90. The highest BCUT2D eigenvalue weighted by atomic mass is 79.9. The zero-order valence-corrected chi connectivity index (χ0v) is 23.0. The van der Waals surface area contributed by atoms with Crippen LogP contribution < -0.4 is 16.4 Å². The van der Waals surface area contributed by atoms with Gasteiger partial charge in [0.1, 0.15) is 0 Å². The van der Waals surface area contributed by atoms with Crippen molar-refractivity contribution in [3.63, 3.8) is 0 Å². The van der Waals surface area contributed by atoms with Crippen LogP contribution in [0.3, 0.4) is 0 Å². The van der Waals surface area contributed by atoms with Crippen molar-refractivity contribution < 1.29 is 0 Å². The molecule has 5 aromatic carbocycles. The summed E-state index contributed by atoms with van der Waals surface area (Å²) in [6, 6.07) is 37.6. The van der Waals surface area contributed by atoms with Gasteiger partial charge in [0.05, 0.1) is 11.4 Å². The molecule has 5 heteroatoms. The molecule has 1 aliphatic rings. The summed E-state index contributed by atoms with van der Waals surface area (Å²) in [5, 5.41) is 2.24. The number of H-pyrrole nitrogens is 1. The van der Waals surface area contributed by atoms with Crippen LogP contribution in [0.25, 0.3) is 21.8 Å². The summed E-state index contributed by atoms with van der Waals surface area (Å²) in [5.74, 6) is 0. The van der Waals surface area contributed by atoms with Crippen molar-refractivity contribution in [2.24, 2.45) is 0 Å². The van der Waals surface area contributed by atoms with Gasteiger partial charge in [-0.3, -0.25) is 0 Å². The maximum Gasteiger partial charge on any atom is 0.0502 e. The van der Waals surface area contributed by atoms with Gasteiger partial charge in [-0.2, -0.15) is 0 Å². The highest BCUT2D eigenvalue weighted by Crippen LogP contribution is 2.51. The third-order valence-electron chi connectivity index (χ3n) is 7.37. The molecule has 0 unspecified atom stereocenters. The lowest BCUT2D eigenvalue weighted by atomic mass is 9.73. The number of hydrogen-bond acceptors (Lipinski definition) is 3. The van der Waals surface area contributed by atoms with Crippen LogP contribution in [-0.4, -0.2) is 4.98 Å². The lowest BCUT2D eigenvalue weighted by Gasteiger charge is -2.42. The normalized spacial score (nSPS) is 13.5. The van der Waals surface area contributed by atoms with Crippen LogP contribution in [0.4, 0.5) is 28.4 Å². The predicted molar refractivity (Wildman–Crippen MR) is 166 cm³/mol. The summed E-state index contributed by atoms with van der Waals surface area (Å²) < 4.78 is 1.10. The number of rotatable bonds is 1. The number of nitrogens with zero attached hydrogens (tertiary/aromatic N) is 1. The number of hydrogen-bond donors (Lipinski definition) is 3. The molecule has 0 amide bonds. The molecule has 0 radical (unpaired) electrons. The quantitative estimate of drug-likeness (QED) is 0.175. The van der Waals surface area contributed by atoms with Crippen LogP contribution in [0.5, 0.6) is 0 Å². The maximum atomic E-state index is 5.77. The first-order chi connectivity index (χ1) is 18.3. The van der Waals surface area contributed by atoms with Gasteiger partial charge in [0.2, 0.25) is 0 Å². The fraction of sp³-hybridized carbons (Fsp3) is 0.0909. The minimum absolute atomic E-state index is 0.000942. The van der Waals surface area contributed by atoms with Gasteiger partial charge in [0.25, 0.3) is 0 Å². The number of halogens is 1. The van der Waals surface area contributed by atoms with Crippen molar-refractivity contribution in [1.29, 1.82) is 0 Å². The van der Waals surface area contributed by atoms with Gasteiger partial charge in [0, 0.05) is 48.8 Å². The zero-order chi connectivity index (χ0) is 26.4. The Kier molecular flexibility index (Phi) is 5.88. The molecule has 5 N–H and O–H groups in total. The molecule has 1 aromatic heterocycles. The Labute approximate surface area is 231 Å². The maximum absolute atomic E-state index is 5.77. The Balaban J connectivity index is 0.000000152. The summed E-state index contributed by atoms with van der Waals surface area (Å²) in [4.78, 5) is 5.68. The number of benzene rings is 5. The highest BCUT2D eigenvalue weighted by molar-refractivity contribution is 9.10.